The first-order valence-electron chi connectivity index (χ1n) is 6.77. The van der Waals surface area contributed by atoms with Crippen molar-refractivity contribution in [1.82, 2.24) is 0 Å². The molecule has 2 aromatic rings. The lowest BCUT2D eigenvalue weighted by molar-refractivity contribution is 0.299. The van der Waals surface area contributed by atoms with Gasteiger partial charge >= 0.3 is 0 Å². The van der Waals surface area contributed by atoms with Gasteiger partial charge in [0.25, 0.3) is 0 Å². The number of aliphatic hydroxyl groups is 2. The molecule has 0 radical (unpaired) electrons. The maximum Gasteiger partial charge on any atom is 0.143 e. The highest BCUT2D eigenvalue weighted by molar-refractivity contribution is 5.53. The van der Waals surface area contributed by atoms with E-state index in [0.717, 1.165) is 11.1 Å². The van der Waals surface area contributed by atoms with E-state index < -0.39 is 0 Å². The SMILES string of the molecule is OCCc1ccc(/N=N/c2cc(CCO)ccc2O)cc1. The molecule has 5 heteroatoms. The van der Waals surface area contributed by atoms with Crippen LogP contribution < -0.4 is 0 Å². The molecule has 0 aliphatic rings. The van der Waals surface area contributed by atoms with Gasteiger partial charge in [-0.3, -0.25) is 0 Å². The summed E-state index contributed by atoms with van der Waals surface area (Å²) in [6.07, 6.45) is 1.13. The fourth-order valence-corrected chi connectivity index (χ4v) is 1.90. The van der Waals surface area contributed by atoms with Gasteiger partial charge in [-0.1, -0.05) is 18.2 Å². The highest BCUT2D eigenvalue weighted by atomic mass is 16.3. The van der Waals surface area contributed by atoms with E-state index in [1.54, 1.807) is 18.2 Å². The predicted octanol–water partition coefficient (Wildman–Crippen LogP) is 2.88. The Labute approximate surface area is 123 Å². The molecule has 0 aliphatic carbocycles. The Morgan fingerprint density at radius 3 is 2.05 bits per heavy atom. The fourth-order valence-electron chi connectivity index (χ4n) is 1.90. The van der Waals surface area contributed by atoms with Crippen molar-refractivity contribution in [2.24, 2.45) is 10.2 Å². The number of nitrogens with zero attached hydrogens (tertiary/aromatic N) is 2. The van der Waals surface area contributed by atoms with Crippen LogP contribution in [0.25, 0.3) is 0 Å². The molecule has 5 nitrogen and oxygen atoms in total. The Morgan fingerprint density at radius 2 is 1.38 bits per heavy atom. The third-order valence-electron chi connectivity index (χ3n) is 3.05. The van der Waals surface area contributed by atoms with Crippen molar-refractivity contribution in [3.63, 3.8) is 0 Å². The monoisotopic (exact) mass is 286 g/mol. The molecule has 0 fully saturated rings. The topological polar surface area (TPSA) is 85.4 Å². The van der Waals surface area contributed by atoms with Gasteiger partial charge in [0.2, 0.25) is 0 Å². The second-order valence-electron chi connectivity index (χ2n) is 4.64. The third-order valence-corrected chi connectivity index (χ3v) is 3.05. The molecule has 0 bridgehead atoms. The lowest BCUT2D eigenvalue weighted by Gasteiger charge is -2.02. The number of phenols is 1. The number of azo groups is 1. The molecule has 0 unspecified atom stereocenters. The molecule has 2 rings (SSSR count). The lowest BCUT2D eigenvalue weighted by Crippen LogP contribution is -1.89. The molecule has 3 N–H and O–H groups in total. The Balaban J connectivity index is 2.14. The van der Waals surface area contributed by atoms with Gasteiger partial charge in [0.1, 0.15) is 11.4 Å². The molecule has 0 heterocycles. The van der Waals surface area contributed by atoms with E-state index in [1.807, 2.05) is 24.3 Å². The van der Waals surface area contributed by atoms with E-state index in [1.165, 1.54) is 0 Å². The number of hydrogen-bond donors (Lipinski definition) is 3. The van der Waals surface area contributed by atoms with Crippen molar-refractivity contribution in [2.45, 2.75) is 12.8 Å². The fraction of sp³-hybridized carbons (Fsp3) is 0.250. The van der Waals surface area contributed by atoms with Gasteiger partial charge in [-0.2, -0.15) is 5.11 Å². The van der Waals surface area contributed by atoms with Crippen molar-refractivity contribution in [3.8, 4) is 5.75 Å². The van der Waals surface area contributed by atoms with Gasteiger partial charge < -0.3 is 15.3 Å². The molecule has 21 heavy (non-hydrogen) atoms. The van der Waals surface area contributed by atoms with Gasteiger partial charge in [-0.15, -0.1) is 5.11 Å². The second kappa shape index (κ2) is 7.52. The number of hydrogen-bond acceptors (Lipinski definition) is 5. The molecule has 0 atom stereocenters. The molecule has 2 aromatic carbocycles. The van der Waals surface area contributed by atoms with Crippen LogP contribution in [-0.2, 0) is 12.8 Å². The van der Waals surface area contributed by atoms with E-state index >= 15 is 0 Å². The Morgan fingerprint density at radius 1 is 0.762 bits per heavy atom. The summed E-state index contributed by atoms with van der Waals surface area (Å²) < 4.78 is 0. The summed E-state index contributed by atoms with van der Waals surface area (Å²) in [5.41, 5.74) is 2.97. The molecule has 0 amide bonds. The first-order chi connectivity index (χ1) is 10.2. The van der Waals surface area contributed by atoms with Gasteiger partial charge in [0.15, 0.2) is 0 Å². The molecule has 0 spiro atoms. The quantitative estimate of drug-likeness (QED) is 0.714. The van der Waals surface area contributed by atoms with Crippen LogP contribution in [-0.4, -0.2) is 28.5 Å². The first-order valence-corrected chi connectivity index (χ1v) is 6.77. The van der Waals surface area contributed by atoms with Crippen LogP contribution in [0.15, 0.2) is 52.7 Å². The Bertz CT molecular complexity index is 609. The summed E-state index contributed by atoms with van der Waals surface area (Å²) in [7, 11) is 0. The van der Waals surface area contributed by atoms with Crippen LogP contribution in [0, 0.1) is 0 Å². The molecule has 0 aliphatic heterocycles. The highest BCUT2D eigenvalue weighted by Gasteiger charge is 2.02. The summed E-state index contributed by atoms with van der Waals surface area (Å²) in [5, 5.41) is 35.6. The second-order valence-corrected chi connectivity index (χ2v) is 4.64. The van der Waals surface area contributed by atoms with Crippen molar-refractivity contribution >= 4 is 11.4 Å². The summed E-state index contributed by atoms with van der Waals surface area (Å²) in [4.78, 5) is 0. The first kappa shape index (κ1) is 15.2. The van der Waals surface area contributed by atoms with Gasteiger partial charge in [0.05, 0.1) is 5.69 Å². The van der Waals surface area contributed by atoms with Crippen LogP contribution in [0.4, 0.5) is 11.4 Å². The van der Waals surface area contributed by atoms with Crippen molar-refractivity contribution in [2.75, 3.05) is 13.2 Å². The van der Waals surface area contributed by atoms with E-state index in [-0.39, 0.29) is 19.0 Å². The minimum atomic E-state index is 0.0493. The van der Waals surface area contributed by atoms with Crippen LogP contribution >= 0.6 is 0 Å². The smallest absolute Gasteiger partial charge is 0.143 e. The molecule has 0 aromatic heterocycles. The van der Waals surface area contributed by atoms with E-state index in [9.17, 15) is 5.11 Å². The lowest BCUT2D eigenvalue weighted by atomic mass is 10.1. The van der Waals surface area contributed by atoms with Crippen LogP contribution in [0.5, 0.6) is 5.75 Å². The van der Waals surface area contributed by atoms with Crippen molar-refractivity contribution < 1.29 is 15.3 Å². The summed E-state index contributed by atoms with van der Waals surface area (Å²) in [5.74, 6) is 0.0531. The summed E-state index contributed by atoms with van der Waals surface area (Å²) >= 11 is 0. The minimum Gasteiger partial charge on any atom is -0.506 e. The van der Waals surface area contributed by atoms with Crippen molar-refractivity contribution in [3.05, 3.63) is 53.6 Å². The van der Waals surface area contributed by atoms with E-state index in [4.69, 9.17) is 10.2 Å². The molecule has 110 valence electrons. The van der Waals surface area contributed by atoms with E-state index in [0.29, 0.717) is 24.2 Å². The van der Waals surface area contributed by atoms with Gasteiger partial charge in [-0.25, -0.2) is 0 Å². The van der Waals surface area contributed by atoms with E-state index in [2.05, 4.69) is 10.2 Å². The average molecular weight is 286 g/mol. The predicted molar refractivity (Wildman–Crippen MR) is 80.3 cm³/mol. The zero-order valence-electron chi connectivity index (χ0n) is 11.6. The Kier molecular flexibility index (Phi) is 5.43. The average Bonchev–Trinajstić information content (AvgIpc) is 2.50. The van der Waals surface area contributed by atoms with Crippen LogP contribution in [0.1, 0.15) is 11.1 Å². The summed E-state index contributed by atoms with van der Waals surface area (Å²) in [6.45, 7) is 0.167. The molecule has 0 saturated carbocycles. The largest absolute Gasteiger partial charge is 0.506 e. The summed E-state index contributed by atoms with van der Waals surface area (Å²) in [6, 6.07) is 12.4. The molecular weight excluding hydrogens is 268 g/mol. The van der Waals surface area contributed by atoms with Crippen LogP contribution in [0.2, 0.25) is 0 Å². The standard InChI is InChI=1S/C16H18N2O3/c19-9-7-12-1-4-14(5-2-12)17-18-15-11-13(8-10-20)3-6-16(15)21/h1-6,11,19-21H,7-10H2/b18-17+. The Hall–Kier alpha value is -2.24. The maximum absolute atomic E-state index is 9.75. The van der Waals surface area contributed by atoms with Crippen molar-refractivity contribution in [1.29, 1.82) is 0 Å². The normalized spacial score (nSPS) is 11.1. The zero-order chi connectivity index (χ0) is 15.1. The number of benzene rings is 2. The van der Waals surface area contributed by atoms with Crippen LogP contribution in [0.3, 0.4) is 0 Å². The molecular formula is C16H18N2O3. The number of rotatable bonds is 6. The van der Waals surface area contributed by atoms with Gasteiger partial charge in [-0.05, 0) is 48.2 Å². The third kappa shape index (κ3) is 4.37. The van der Waals surface area contributed by atoms with Gasteiger partial charge in [0, 0.05) is 13.2 Å². The number of phenolic OH excluding ortho intramolecular Hbond substituents is 1. The minimum absolute atomic E-state index is 0.0493. The maximum atomic E-state index is 9.75. The number of aliphatic hydroxyl groups excluding tert-OH is 2. The zero-order valence-corrected chi connectivity index (χ0v) is 11.6. The number of aromatic hydroxyl groups is 1. The highest BCUT2D eigenvalue weighted by Crippen LogP contribution is 2.29. The molecule has 0 saturated heterocycles.